The number of β-lactam (4-membered cyclic amide) rings is 1. The predicted octanol–water partition coefficient (Wildman–Crippen LogP) is 7.44. The molecule has 11 heteroatoms. The van der Waals surface area contributed by atoms with Gasteiger partial charge in [-0.2, -0.15) is 0 Å². The highest BCUT2D eigenvalue weighted by Crippen LogP contribution is 2.54. The van der Waals surface area contributed by atoms with Crippen LogP contribution in [0.1, 0.15) is 97.1 Å². The molecule has 0 bridgehead atoms. The standard InChI is InChI=1S/C41H59N2O7PS/c1-7-10-24-51(25-11-8-2,26-12-9-3)38(40(47)49-28-31-18-20-32(48-6)21-19-31)43-37(46)36(42-35(45)27-30-16-14-13-15-17-30)39(43)52-29-33(44)34-22-23-41(4,5)50-34/h13-21,34,36,39H,7-12,22-29H2,1-6H3,(H,42,45)/t34-,36+,39+/m0/s1. The number of Topliss-reactive ketones (excluding diaryl/α,β-unsaturated/α-hetero) is 1. The van der Waals surface area contributed by atoms with Crippen molar-refractivity contribution in [2.75, 3.05) is 31.3 Å². The number of thioether (sulfide) groups is 1. The van der Waals surface area contributed by atoms with Crippen LogP contribution in [-0.2, 0) is 41.7 Å². The molecule has 0 aliphatic carbocycles. The van der Waals surface area contributed by atoms with Crippen LogP contribution in [0, 0.1) is 0 Å². The monoisotopic (exact) mass is 754 g/mol. The number of esters is 1. The molecule has 2 aliphatic rings. The Balaban J connectivity index is 1.74. The number of amides is 2. The Morgan fingerprint density at radius 1 is 0.923 bits per heavy atom. The topological polar surface area (TPSA) is 111 Å². The van der Waals surface area contributed by atoms with Gasteiger partial charge in [0.2, 0.25) is 5.91 Å². The van der Waals surface area contributed by atoms with Gasteiger partial charge in [-0.05, 0) is 87.7 Å². The van der Waals surface area contributed by atoms with E-state index < -0.39 is 30.4 Å². The number of methoxy groups -OCH3 is 1. The number of benzene rings is 2. The summed E-state index contributed by atoms with van der Waals surface area (Å²) < 4.78 is 17.5. The smallest absolute Gasteiger partial charge is 0.355 e. The summed E-state index contributed by atoms with van der Waals surface area (Å²) in [4.78, 5) is 57.7. The molecule has 2 saturated heterocycles. The predicted molar refractivity (Wildman–Crippen MR) is 212 cm³/mol. The van der Waals surface area contributed by atoms with Crippen LogP contribution in [0.25, 0.3) is 0 Å². The number of ketones is 1. The normalized spacial score (nSPS) is 19.5. The molecular formula is C41H59N2O7PS. The second kappa shape index (κ2) is 19.8. The Morgan fingerprint density at radius 2 is 1.54 bits per heavy atom. The third kappa shape index (κ3) is 11.0. The first-order valence-corrected chi connectivity index (χ1v) is 22.4. The third-order valence-electron chi connectivity index (χ3n) is 10.0. The van der Waals surface area contributed by atoms with Crippen LogP contribution in [0.5, 0.6) is 5.75 Å². The number of carbonyl (C=O) groups is 4. The minimum atomic E-state index is -2.25. The summed E-state index contributed by atoms with van der Waals surface area (Å²) in [5.74, 6) is -0.328. The molecule has 2 aliphatic heterocycles. The van der Waals surface area contributed by atoms with E-state index in [1.165, 1.54) is 11.8 Å². The Kier molecular flexibility index (Phi) is 15.9. The van der Waals surface area contributed by atoms with E-state index in [0.29, 0.717) is 17.6 Å². The van der Waals surface area contributed by atoms with Crippen LogP contribution in [0.4, 0.5) is 0 Å². The molecule has 2 aromatic rings. The number of rotatable bonds is 21. The Hall–Kier alpha value is -3.07. The van der Waals surface area contributed by atoms with Crippen LogP contribution in [0.3, 0.4) is 0 Å². The van der Waals surface area contributed by atoms with E-state index in [-0.39, 0.29) is 42.0 Å². The average Bonchev–Trinajstić information content (AvgIpc) is 3.52. The molecule has 0 radical (unpaired) electrons. The highest BCUT2D eigenvalue weighted by molar-refractivity contribution is 8.00. The molecule has 2 fully saturated rings. The molecule has 2 heterocycles. The highest BCUT2D eigenvalue weighted by atomic mass is 32.2. The quantitative estimate of drug-likeness (QED) is 0.0796. The molecule has 0 saturated carbocycles. The van der Waals surface area contributed by atoms with E-state index in [4.69, 9.17) is 14.2 Å². The van der Waals surface area contributed by atoms with Crippen molar-refractivity contribution in [3.05, 3.63) is 65.7 Å². The zero-order chi connectivity index (χ0) is 37.7. The molecular weight excluding hydrogens is 695 g/mol. The number of likely N-dealkylation sites (tertiary alicyclic amines) is 1. The van der Waals surface area contributed by atoms with E-state index in [2.05, 4.69) is 26.1 Å². The Morgan fingerprint density at radius 3 is 2.08 bits per heavy atom. The SMILES string of the molecule is CCCCP(CCCC)(CCCC)=C(C(=O)OCc1ccc(OC)cc1)N1C(=O)[C@@H](NC(=O)Cc2ccccc2)[C@H]1SCC(=O)[C@@H]1CCC(C)(C)O1. The lowest BCUT2D eigenvalue weighted by Crippen LogP contribution is -2.72. The van der Waals surface area contributed by atoms with Gasteiger partial charge in [-0.3, -0.25) is 19.3 Å². The van der Waals surface area contributed by atoms with Crippen LogP contribution >= 0.6 is 18.6 Å². The molecule has 0 spiro atoms. The van der Waals surface area contributed by atoms with Gasteiger partial charge >= 0.3 is 5.97 Å². The molecule has 3 atom stereocenters. The van der Waals surface area contributed by atoms with Gasteiger partial charge in [-0.25, -0.2) is 4.79 Å². The number of nitrogens with one attached hydrogen (secondary N) is 1. The molecule has 0 unspecified atom stereocenters. The van der Waals surface area contributed by atoms with Gasteiger partial charge in [-0.1, -0.05) is 89.4 Å². The Labute approximate surface area is 315 Å². The molecule has 286 valence electrons. The van der Waals surface area contributed by atoms with E-state index >= 15 is 0 Å². The molecule has 2 amide bonds. The lowest BCUT2D eigenvalue weighted by molar-refractivity contribution is -0.146. The first kappa shape index (κ1) is 41.7. The van der Waals surface area contributed by atoms with Crippen LogP contribution in [0.15, 0.2) is 54.6 Å². The number of unbranched alkanes of at least 4 members (excludes halogenated alkanes) is 3. The van der Waals surface area contributed by atoms with Crippen molar-refractivity contribution in [2.24, 2.45) is 0 Å². The number of hydrogen-bond acceptors (Lipinski definition) is 8. The fourth-order valence-electron chi connectivity index (χ4n) is 6.96. The molecule has 9 nitrogen and oxygen atoms in total. The maximum Gasteiger partial charge on any atom is 0.355 e. The summed E-state index contributed by atoms with van der Waals surface area (Å²) in [5.41, 5.74) is 1.75. The highest BCUT2D eigenvalue weighted by Gasteiger charge is 2.54. The Bertz CT molecular complexity index is 1530. The van der Waals surface area contributed by atoms with E-state index in [1.54, 1.807) is 12.0 Å². The lowest BCUT2D eigenvalue weighted by atomic mass is 10.0. The van der Waals surface area contributed by atoms with Gasteiger partial charge in [0.25, 0.3) is 5.91 Å². The fourth-order valence-corrected chi connectivity index (χ4v) is 13.5. The van der Waals surface area contributed by atoms with Gasteiger partial charge in [0, 0.05) is 0 Å². The number of nitrogens with zero attached hydrogens (tertiary/aromatic N) is 1. The number of ether oxygens (including phenoxy) is 3. The lowest BCUT2D eigenvalue weighted by Gasteiger charge is -2.49. The summed E-state index contributed by atoms with van der Waals surface area (Å²) in [6, 6.07) is 15.9. The summed E-state index contributed by atoms with van der Waals surface area (Å²) >= 11 is 1.31. The zero-order valence-electron chi connectivity index (χ0n) is 32.0. The minimum Gasteiger partial charge on any atom is -0.497 e. The third-order valence-corrected chi connectivity index (χ3v) is 16.1. The van der Waals surface area contributed by atoms with Crippen molar-refractivity contribution in [1.82, 2.24) is 10.2 Å². The number of carbonyl (C=O) groups excluding carboxylic acids is 4. The largest absolute Gasteiger partial charge is 0.497 e. The second-order valence-corrected chi connectivity index (χ2v) is 19.8. The van der Waals surface area contributed by atoms with Crippen molar-refractivity contribution < 1.29 is 33.4 Å². The van der Waals surface area contributed by atoms with Crippen molar-refractivity contribution in [3.8, 4) is 5.75 Å². The van der Waals surface area contributed by atoms with E-state index in [9.17, 15) is 19.2 Å². The number of hydrogen-bond donors (Lipinski definition) is 1. The van der Waals surface area contributed by atoms with Gasteiger partial charge in [0.05, 0.1) is 24.9 Å². The second-order valence-electron chi connectivity index (χ2n) is 14.6. The van der Waals surface area contributed by atoms with Gasteiger partial charge in [0.1, 0.15) is 35.3 Å². The zero-order valence-corrected chi connectivity index (χ0v) is 33.7. The van der Waals surface area contributed by atoms with Crippen molar-refractivity contribution in [2.45, 2.75) is 122 Å². The van der Waals surface area contributed by atoms with Crippen LogP contribution < -0.4 is 10.1 Å². The van der Waals surface area contributed by atoms with Crippen molar-refractivity contribution in [1.29, 1.82) is 0 Å². The first-order valence-electron chi connectivity index (χ1n) is 19.0. The maximum atomic E-state index is 14.7. The maximum absolute atomic E-state index is 14.7. The first-order chi connectivity index (χ1) is 25.0. The van der Waals surface area contributed by atoms with Gasteiger partial charge < -0.3 is 19.5 Å². The molecule has 2 aromatic carbocycles. The van der Waals surface area contributed by atoms with Crippen molar-refractivity contribution in [3.63, 3.8) is 0 Å². The molecule has 1 N–H and O–H groups in total. The molecule has 52 heavy (non-hydrogen) atoms. The summed E-state index contributed by atoms with van der Waals surface area (Å²) in [6.07, 6.45) is 9.24. The summed E-state index contributed by atoms with van der Waals surface area (Å²) in [6.45, 7) is 8.23. The van der Waals surface area contributed by atoms with E-state index in [0.717, 1.165) is 74.6 Å². The minimum absolute atomic E-state index is 0.0446. The van der Waals surface area contributed by atoms with Gasteiger partial charge in [0.15, 0.2) is 5.78 Å². The summed E-state index contributed by atoms with van der Waals surface area (Å²) in [7, 11) is 1.60. The summed E-state index contributed by atoms with van der Waals surface area (Å²) in [5, 5.41) is 2.35. The average molecular weight is 755 g/mol. The van der Waals surface area contributed by atoms with Crippen LogP contribution in [0.2, 0.25) is 0 Å². The molecule has 0 aromatic heterocycles. The van der Waals surface area contributed by atoms with E-state index in [1.807, 2.05) is 68.4 Å². The van der Waals surface area contributed by atoms with Gasteiger partial charge in [-0.15, -0.1) is 11.8 Å². The molecule has 4 rings (SSSR count). The van der Waals surface area contributed by atoms with Crippen molar-refractivity contribution >= 4 is 47.6 Å². The fraction of sp³-hybridized carbons (Fsp3) is 0.585. The van der Waals surface area contributed by atoms with Crippen LogP contribution in [-0.4, -0.2) is 88.4 Å².